The highest BCUT2D eigenvalue weighted by Gasteiger charge is 2.10. The number of nitrogens with one attached hydrogen (secondary N) is 1. The quantitative estimate of drug-likeness (QED) is 0.892. The average Bonchev–Trinajstić information content (AvgIpc) is 2.20. The summed E-state index contributed by atoms with van der Waals surface area (Å²) in [7, 11) is 0. The molecule has 0 fully saturated rings. The Balaban J connectivity index is 2.73. The number of nitrogens with two attached hydrogens (primary N) is 1. The first-order valence-electron chi connectivity index (χ1n) is 5.34. The van der Waals surface area contributed by atoms with Crippen molar-refractivity contribution in [1.82, 2.24) is 5.32 Å². The molecular weight excluding hydrogens is 264 g/mol. The zero-order valence-electron chi connectivity index (χ0n) is 10.0. The maximum Gasteiger partial charge on any atom is 0.0571 e. The predicted octanol–water partition coefficient (Wildman–Crippen LogP) is 3.34. The van der Waals surface area contributed by atoms with Crippen LogP contribution in [0.5, 0.6) is 0 Å². The Hall–Kier alpha value is -0.960. The molecule has 0 unspecified atom stereocenters. The van der Waals surface area contributed by atoms with E-state index < -0.39 is 0 Å². The first kappa shape index (κ1) is 13.1. The Bertz CT molecular complexity index is 361. The third-order valence-electron chi connectivity index (χ3n) is 2.13. The first-order chi connectivity index (χ1) is 7.42. The molecular formula is C13H19BrN2. The molecule has 0 radical (unpaired) electrons. The van der Waals surface area contributed by atoms with Gasteiger partial charge in [0.25, 0.3) is 0 Å². The molecule has 0 aliphatic carbocycles. The number of hydrogen-bond donors (Lipinski definition) is 2. The zero-order valence-corrected chi connectivity index (χ0v) is 11.6. The van der Waals surface area contributed by atoms with Gasteiger partial charge in [0.05, 0.1) is 5.70 Å². The first-order valence-corrected chi connectivity index (χ1v) is 6.13. The number of benzene rings is 1. The van der Waals surface area contributed by atoms with E-state index in [2.05, 4.69) is 42.0 Å². The van der Waals surface area contributed by atoms with Gasteiger partial charge in [-0.3, -0.25) is 0 Å². The van der Waals surface area contributed by atoms with Crippen LogP contribution < -0.4 is 11.1 Å². The minimum Gasteiger partial charge on any atom is -0.403 e. The van der Waals surface area contributed by atoms with Crippen molar-refractivity contribution in [3.63, 3.8) is 0 Å². The van der Waals surface area contributed by atoms with Crippen LogP contribution in [0.1, 0.15) is 26.3 Å². The minimum atomic E-state index is 0.240. The summed E-state index contributed by atoms with van der Waals surface area (Å²) in [4.78, 5) is 0. The highest BCUT2D eigenvalue weighted by Crippen LogP contribution is 2.17. The number of hydrogen-bond acceptors (Lipinski definition) is 2. The minimum absolute atomic E-state index is 0.240. The van der Waals surface area contributed by atoms with E-state index in [-0.39, 0.29) is 5.41 Å². The molecule has 3 heteroatoms. The maximum atomic E-state index is 5.64. The van der Waals surface area contributed by atoms with Crippen LogP contribution in [0.3, 0.4) is 0 Å². The van der Waals surface area contributed by atoms with Crippen molar-refractivity contribution >= 4 is 21.6 Å². The van der Waals surface area contributed by atoms with Gasteiger partial charge in [-0.2, -0.15) is 0 Å². The molecule has 0 saturated heterocycles. The van der Waals surface area contributed by atoms with Gasteiger partial charge in [-0.05, 0) is 23.1 Å². The molecule has 0 saturated carbocycles. The highest BCUT2D eigenvalue weighted by molar-refractivity contribution is 9.10. The van der Waals surface area contributed by atoms with Crippen molar-refractivity contribution in [2.75, 3.05) is 6.54 Å². The van der Waals surface area contributed by atoms with Crippen molar-refractivity contribution in [1.29, 1.82) is 0 Å². The average molecular weight is 283 g/mol. The molecule has 0 aromatic heterocycles. The summed E-state index contributed by atoms with van der Waals surface area (Å²) in [5.74, 6) is 0. The van der Waals surface area contributed by atoms with Crippen molar-refractivity contribution < 1.29 is 0 Å². The summed E-state index contributed by atoms with van der Waals surface area (Å²) in [6.45, 7) is 7.47. The fraction of sp³-hybridized carbons (Fsp3) is 0.385. The maximum absolute atomic E-state index is 5.64. The molecule has 0 heterocycles. The Labute approximate surface area is 106 Å². The normalized spacial score (nSPS) is 12.6. The molecule has 16 heavy (non-hydrogen) atoms. The van der Waals surface area contributed by atoms with Crippen LogP contribution >= 0.6 is 15.9 Å². The van der Waals surface area contributed by atoms with Crippen LogP contribution in [-0.2, 0) is 0 Å². The van der Waals surface area contributed by atoms with E-state index >= 15 is 0 Å². The van der Waals surface area contributed by atoms with E-state index in [9.17, 15) is 0 Å². The van der Waals surface area contributed by atoms with Gasteiger partial charge >= 0.3 is 0 Å². The van der Waals surface area contributed by atoms with Crippen molar-refractivity contribution in [3.8, 4) is 0 Å². The van der Waals surface area contributed by atoms with Crippen LogP contribution in [0.25, 0.3) is 5.70 Å². The van der Waals surface area contributed by atoms with E-state index in [0.29, 0.717) is 0 Å². The molecule has 1 aromatic rings. The molecule has 0 amide bonds. The molecule has 2 nitrogen and oxygen atoms in total. The Morgan fingerprint density at radius 2 is 1.88 bits per heavy atom. The lowest BCUT2D eigenvalue weighted by atomic mass is 9.96. The molecule has 3 N–H and O–H groups in total. The van der Waals surface area contributed by atoms with Gasteiger partial charge in [-0.1, -0.05) is 48.8 Å². The van der Waals surface area contributed by atoms with Crippen molar-refractivity contribution in [3.05, 3.63) is 40.5 Å². The lowest BCUT2D eigenvalue weighted by Gasteiger charge is -2.21. The lowest BCUT2D eigenvalue weighted by Crippen LogP contribution is -2.26. The fourth-order valence-corrected chi connectivity index (χ4v) is 1.51. The van der Waals surface area contributed by atoms with Gasteiger partial charge in [0, 0.05) is 17.2 Å². The summed E-state index contributed by atoms with van der Waals surface area (Å²) in [5, 5.41) is 3.37. The van der Waals surface area contributed by atoms with Crippen LogP contribution in [0, 0.1) is 5.41 Å². The topological polar surface area (TPSA) is 38.0 Å². The largest absolute Gasteiger partial charge is 0.403 e. The van der Waals surface area contributed by atoms with E-state index in [0.717, 1.165) is 22.3 Å². The third kappa shape index (κ3) is 4.27. The lowest BCUT2D eigenvalue weighted by molar-refractivity contribution is 0.405. The van der Waals surface area contributed by atoms with Gasteiger partial charge < -0.3 is 11.1 Å². The second kappa shape index (κ2) is 5.39. The molecule has 1 rings (SSSR count). The summed E-state index contributed by atoms with van der Waals surface area (Å²) < 4.78 is 1.07. The van der Waals surface area contributed by atoms with Gasteiger partial charge in [-0.25, -0.2) is 0 Å². The molecule has 1 aromatic carbocycles. The molecule has 0 bridgehead atoms. The van der Waals surface area contributed by atoms with Gasteiger partial charge in [0.1, 0.15) is 0 Å². The van der Waals surface area contributed by atoms with Crippen molar-refractivity contribution in [2.24, 2.45) is 11.1 Å². The summed E-state index contributed by atoms with van der Waals surface area (Å²) >= 11 is 3.42. The van der Waals surface area contributed by atoms with Crippen LogP contribution in [0.15, 0.2) is 34.9 Å². The van der Waals surface area contributed by atoms with Gasteiger partial charge in [0.2, 0.25) is 0 Å². The predicted molar refractivity (Wildman–Crippen MR) is 73.8 cm³/mol. The van der Waals surface area contributed by atoms with Crippen LogP contribution in [0.2, 0.25) is 0 Å². The monoisotopic (exact) mass is 282 g/mol. The molecule has 0 atom stereocenters. The van der Waals surface area contributed by atoms with Gasteiger partial charge in [0.15, 0.2) is 0 Å². The van der Waals surface area contributed by atoms with Crippen LogP contribution in [-0.4, -0.2) is 6.54 Å². The summed E-state index contributed by atoms with van der Waals surface area (Å²) in [6.07, 6.45) is 1.62. The van der Waals surface area contributed by atoms with E-state index in [1.807, 2.05) is 24.3 Å². The second-order valence-electron chi connectivity index (χ2n) is 5.00. The zero-order chi connectivity index (χ0) is 12.2. The molecule has 88 valence electrons. The Morgan fingerprint density at radius 1 is 1.31 bits per heavy atom. The third-order valence-corrected chi connectivity index (χ3v) is 2.66. The Morgan fingerprint density at radius 3 is 2.31 bits per heavy atom. The van der Waals surface area contributed by atoms with E-state index in [1.165, 1.54) is 0 Å². The van der Waals surface area contributed by atoms with Crippen molar-refractivity contribution in [2.45, 2.75) is 20.8 Å². The SMILES string of the molecule is CC(C)(C)CN/C(=C\N)c1ccc(Br)cc1. The van der Waals surface area contributed by atoms with Crippen LogP contribution in [0.4, 0.5) is 0 Å². The fourth-order valence-electron chi connectivity index (χ4n) is 1.25. The number of halogens is 1. The highest BCUT2D eigenvalue weighted by atomic mass is 79.9. The smallest absolute Gasteiger partial charge is 0.0571 e. The van der Waals surface area contributed by atoms with Gasteiger partial charge in [-0.15, -0.1) is 0 Å². The second-order valence-corrected chi connectivity index (χ2v) is 5.92. The Kier molecular flexibility index (Phi) is 4.42. The summed E-state index contributed by atoms with van der Waals surface area (Å²) in [5.41, 5.74) is 7.96. The molecule has 0 aliphatic rings. The van der Waals surface area contributed by atoms with E-state index in [4.69, 9.17) is 5.73 Å². The standard InChI is InChI=1S/C13H19BrN2/c1-13(2,3)9-16-12(8-15)10-4-6-11(14)7-5-10/h4-8,16H,9,15H2,1-3H3/b12-8-. The summed E-state index contributed by atoms with van der Waals surface area (Å²) in [6, 6.07) is 8.10. The van der Waals surface area contributed by atoms with E-state index in [1.54, 1.807) is 6.20 Å². The molecule has 0 aliphatic heterocycles. The molecule has 0 spiro atoms. The number of rotatable bonds is 3.